The van der Waals surface area contributed by atoms with Crippen LogP contribution in [0.15, 0.2) is 22.5 Å². The molecule has 114 valence electrons. The van der Waals surface area contributed by atoms with Gasteiger partial charge in [-0.15, -0.1) is 11.3 Å². The molecule has 2 aromatic rings. The highest BCUT2D eigenvalue weighted by molar-refractivity contribution is 7.94. The number of sulfone groups is 1. The van der Waals surface area contributed by atoms with E-state index in [1.165, 1.54) is 11.6 Å². The zero-order valence-corrected chi connectivity index (χ0v) is 12.7. The van der Waals surface area contributed by atoms with Crippen molar-refractivity contribution in [2.75, 3.05) is 11.5 Å². The molecule has 0 fully saturated rings. The van der Waals surface area contributed by atoms with E-state index >= 15 is 0 Å². The van der Waals surface area contributed by atoms with Crippen LogP contribution in [-0.2, 0) is 19.9 Å². The minimum atomic E-state index is -4.17. The van der Waals surface area contributed by atoms with Gasteiger partial charge in [0.15, 0.2) is 15.4 Å². The van der Waals surface area contributed by atoms with Gasteiger partial charge in [-0.25, -0.2) is 27.0 Å². The highest BCUT2D eigenvalue weighted by Crippen LogP contribution is 2.34. The molecule has 12 heteroatoms. The van der Waals surface area contributed by atoms with Gasteiger partial charge in [0.25, 0.3) is 0 Å². The maximum atomic E-state index is 12.1. The molecule has 0 saturated carbocycles. The Hall–Kier alpha value is -1.63. The molecular formula is C9H9N3O6S3. The second-order valence-corrected chi connectivity index (χ2v) is 8.75. The van der Waals surface area contributed by atoms with E-state index in [-0.39, 0.29) is 5.52 Å². The van der Waals surface area contributed by atoms with Crippen LogP contribution in [0.3, 0.4) is 0 Å². The van der Waals surface area contributed by atoms with Gasteiger partial charge in [-0.2, -0.15) is 0 Å². The highest BCUT2D eigenvalue weighted by atomic mass is 32.2. The molecule has 0 spiro atoms. The molecule has 1 aromatic carbocycles. The number of benzene rings is 1. The quantitative estimate of drug-likeness (QED) is 0.599. The summed E-state index contributed by atoms with van der Waals surface area (Å²) in [5.41, 5.74) is 0.670. The maximum Gasteiger partial charge on any atom is 0.314 e. The number of hydrogen-bond acceptors (Lipinski definition) is 8. The molecule has 0 amide bonds. The number of fused-ring (bicyclic) bond motifs is 1. The number of sulfonamides is 1. The Morgan fingerprint density at radius 2 is 1.90 bits per heavy atom. The monoisotopic (exact) mass is 351 g/mol. The van der Waals surface area contributed by atoms with Crippen molar-refractivity contribution in [2.45, 2.75) is 4.90 Å². The van der Waals surface area contributed by atoms with Crippen molar-refractivity contribution in [2.24, 2.45) is 5.14 Å². The number of nitro groups is 1. The van der Waals surface area contributed by atoms with Crippen molar-refractivity contribution in [3.8, 4) is 0 Å². The summed E-state index contributed by atoms with van der Waals surface area (Å²) in [6.45, 7) is 0. The Morgan fingerprint density at radius 3 is 2.48 bits per heavy atom. The number of rotatable bonds is 5. The Kier molecular flexibility index (Phi) is 3.97. The predicted molar refractivity (Wildman–Crippen MR) is 76.3 cm³/mol. The first-order valence-corrected chi connectivity index (χ1v) is 9.60. The van der Waals surface area contributed by atoms with Crippen LogP contribution < -0.4 is 5.14 Å². The zero-order chi connectivity index (χ0) is 15.8. The van der Waals surface area contributed by atoms with Crippen molar-refractivity contribution >= 4 is 47.1 Å². The molecule has 0 unspecified atom stereocenters. The van der Waals surface area contributed by atoms with Crippen molar-refractivity contribution < 1.29 is 21.8 Å². The number of primary sulfonamides is 1. The van der Waals surface area contributed by atoms with Crippen LogP contribution in [0, 0.1) is 10.1 Å². The first kappa shape index (κ1) is 15.8. The van der Waals surface area contributed by atoms with Gasteiger partial charge in [0.05, 0.1) is 26.6 Å². The summed E-state index contributed by atoms with van der Waals surface area (Å²) in [4.78, 5) is 13.5. The lowest BCUT2D eigenvalue weighted by molar-refractivity contribution is -0.386. The number of nitro benzene ring substituents is 1. The van der Waals surface area contributed by atoms with E-state index in [9.17, 15) is 26.9 Å². The van der Waals surface area contributed by atoms with Gasteiger partial charge in [-0.3, -0.25) is 10.1 Å². The van der Waals surface area contributed by atoms with Gasteiger partial charge < -0.3 is 0 Å². The molecule has 0 bridgehead atoms. The molecule has 0 aliphatic rings. The third-order valence-electron chi connectivity index (χ3n) is 2.59. The highest BCUT2D eigenvalue weighted by Gasteiger charge is 2.30. The molecule has 1 aromatic heterocycles. The van der Waals surface area contributed by atoms with E-state index in [1.807, 2.05) is 0 Å². The Bertz CT molecular complexity index is 915. The first-order chi connectivity index (χ1) is 9.62. The predicted octanol–water partition coefficient (Wildman–Crippen LogP) is 0.267. The number of nitrogens with two attached hydrogens (primary N) is 1. The van der Waals surface area contributed by atoms with Gasteiger partial charge in [0, 0.05) is 0 Å². The molecule has 0 saturated heterocycles. The summed E-state index contributed by atoms with van der Waals surface area (Å²) < 4.78 is 46.4. The molecule has 0 radical (unpaired) electrons. The average molecular weight is 351 g/mol. The molecule has 2 rings (SSSR count). The van der Waals surface area contributed by atoms with E-state index in [1.54, 1.807) is 0 Å². The lowest BCUT2D eigenvalue weighted by Crippen LogP contribution is -2.23. The summed E-state index contributed by atoms with van der Waals surface area (Å²) >= 11 is 1.13. The smallest absolute Gasteiger partial charge is 0.258 e. The fourth-order valence-corrected chi connectivity index (χ4v) is 5.11. The summed E-state index contributed by atoms with van der Waals surface area (Å²) in [7, 11) is -8.17. The van der Waals surface area contributed by atoms with Crippen molar-refractivity contribution in [3.05, 3.63) is 27.8 Å². The minimum Gasteiger partial charge on any atom is -0.258 e. The van der Waals surface area contributed by atoms with Crippen LogP contribution >= 0.6 is 11.3 Å². The SMILES string of the molecule is NS(=O)(=O)CCS(=O)(=O)c1ccc2scnc2c1[N+](=O)[O-]. The van der Waals surface area contributed by atoms with E-state index in [2.05, 4.69) is 4.98 Å². The fraction of sp³-hybridized carbons (Fsp3) is 0.222. The van der Waals surface area contributed by atoms with Crippen molar-refractivity contribution in [1.29, 1.82) is 0 Å². The van der Waals surface area contributed by atoms with Crippen LogP contribution in [0.5, 0.6) is 0 Å². The van der Waals surface area contributed by atoms with Crippen molar-refractivity contribution in [3.63, 3.8) is 0 Å². The van der Waals surface area contributed by atoms with E-state index in [0.29, 0.717) is 4.70 Å². The third-order valence-corrected chi connectivity index (χ3v) is 6.16. The van der Waals surface area contributed by atoms with Crippen LogP contribution in [0.4, 0.5) is 5.69 Å². The van der Waals surface area contributed by atoms with E-state index in [4.69, 9.17) is 5.14 Å². The first-order valence-electron chi connectivity index (χ1n) is 5.35. The van der Waals surface area contributed by atoms with Gasteiger partial charge >= 0.3 is 5.69 Å². The molecule has 9 nitrogen and oxygen atoms in total. The van der Waals surface area contributed by atoms with Crippen LogP contribution in [0.2, 0.25) is 0 Å². The minimum absolute atomic E-state index is 0.0401. The standard InChI is InChI=1S/C9H9N3O6S3/c10-21(17,18)4-3-20(15,16)7-2-1-6-8(11-5-19-6)9(7)12(13)14/h1-2,5H,3-4H2,(H2,10,17,18). The molecule has 1 heterocycles. The van der Waals surface area contributed by atoms with Gasteiger partial charge in [0.1, 0.15) is 4.90 Å². The normalized spacial score (nSPS) is 12.6. The van der Waals surface area contributed by atoms with E-state index in [0.717, 1.165) is 17.4 Å². The molecule has 2 N–H and O–H groups in total. The van der Waals surface area contributed by atoms with Crippen LogP contribution in [-0.4, -0.2) is 38.2 Å². The molecule has 21 heavy (non-hydrogen) atoms. The van der Waals surface area contributed by atoms with Gasteiger partial charge in [0.2, 0.25) is 10.0 Å². The van der Waals surface area contributed by atoms with Gasteiger partial charge in [-0.1, -0.05) is 0 Å². The fourth-order valence-electron chi connectivity index (χ4n) is 1.66. The van der Waals surface area contributed by atoms with Crippen LogP contribution in [0.25, 0.3) is 10.2 Å². The summed E-state index contributed by atoms with van der Waals surface area (Å²) in [6.07, 6.45) is 0. The average Bonchev–Trinajstić information content (AvgIpc) is 2.82. The Balaban J connectivity index is 2.60. The second-order valence-electron chi connectivity index (χ2n) is 4.05. The molecular weight excluding hydrogens is 342 g/mol. The number of hydrogen-bond donors (Lipinski definition) is 1. The van der Waals surface area contributed by atoms with Crippen LogP contribution in [0.1, 0.15) is 0 Å². The van der Waals surface area contributed by atoms with E-state index < -0.39 is 46.9 Å². The number of thiazole rings is 1. The second kappa shape index (κ2) is 5.29. The summed E-state index contributed by atoms with van der Waals surface area (Å²) in [6, 6.07) is 2.47. The third kappa shape index (κ3) is 3.34. The summed E-state index contributed by atoms with van der Waals surface area (Å²) in [5.74, 6) is -1.65. The molecule has 0 aliphatic heterocycles. The molecule has 0 atom stereocenters. The van der Waals surface area contributed by atoms with Gasteiger partial charge in [-0.05, 0) is 12.1 Å². The largest absolute Gasteiger partial charge is 0.314 e. The lowest BCUT2D eigenvalue weighted by Gasteiger charge is -2.05. The number of aromatic nitrogens is 1. The zero-order valence-electron chi connectivity index (χ0n) is 10.3. The maximum absolute atomic E-state index is 12.1. The Morgan fingerprint density at radius 1 is 1.24 bits per heavy atom. The molecule has 0 aliphatic carbocycles. The number of nitrogens with zero attached hydrogens (tertiary/aromatic N) is 2. The van der Waals surface area contributed by atoms with Crippen molar-refractivity contribution in [1.82, 2.24) is 4.98 Å². The Labute approximate surface area is 123 Å². The topological polar surface area (TPSA) is 150 Å². The summed E-state index contributed by atoms with van der Waals surface area (Å²) in [5, 5.41) is 15.9. The lowest BCUT2D eigenvalue weighted by atomic mass is 10.3.